The summed E-state index contributed by atoms with van der Waals surface area (Å²) < 4.78 is 0. The van der Waals surface area contributed by atoms with Crippen molar-refractivity contribution in [3.8, 4) is 10.9 Å². The molecule has 1 aromatic carbocycles. The fourth-order valence-corrected chi connectivity index (χ4v) is 1.88. The van der Waals surface area contributed by atoms with E-state index >= 15 is 0 Å². The molecule has 0 spiro atoms. The Morgan fingerprint density at radius 2 is 1.71 bits per heavy atom. The Balaban J connectivity index is 0.000000293. The van der Waals surface area contributed by atoms with Crippen LogP contribution in [0.2, 0.25) is 0 Å². The summed E-state index contributed by atoms with van der Waals surface area (Å²) in [6.07, 6.45) is 0. The average molecular weight is 321 g/mol. The predicted octanol–water partition coefficient (Wildman–Crippen LogP) is 5.03. The molecular formula is C10H8Cl2PZr-. The monoisotopic (exact) mass is 319 g/mol. The minimum Gasteiger partial charge on any atom is -0.160 e. The minimum absolute atomic E-state index is 0.826. The molecule has 0 N–H and O–H groups in total. The van der Waals surface area contributed by atoms with Gasteiger partial charge >= 0.3 is 37.9 Å². The number of rotatable bonds is 1. The third-order valence-electron chi connectivity index (χ3n) is 1.62. The van der Waals surface area contributed by atoms with Crippen molar-refractivity contribution in [2.75, 3.05) is 0 Å². The number of hydrogen-bond donors (Lipinski definition) is 0. The predicted molar refractivity (Wildman–Crippen MR) is 61.7 cm³/mol. The average Bonchev–Trinajstić information content (AvgIpc) is 2.73. The van der Waals surface area contributed by atoms with Gasteiger partial charge in [-0.05, 0) is 0 Å². The Morgan fingerprint density at radius 3 is 2.21 bits per heavy atom. The van der Waals surface area contributed by atoms with Crippen LogP contribution < -0.4 is 0 Å². The van der Waals surface area contributed by atoms with E-state index in [4.69, 9.17) is 17.0 Å². The summed E-state index contributed by atoms with van der Waals surface area (Å²) in [4.78, 5) is 0. The van der Waals surface area contributed by atoms with Crippen LogP contribution in [0.4, 0.5) is 0 Å². The van der Waals surface area contributed by atoms with Gasteiger partial charge in [-0.25, -0.2) is 0 Å². The first-order valence-electron chi connectivity index (χ1n) is 3.98. The Kier molecular flexibility index (Phi) is 6.91. The van der Waals surface area contributed by atoms with Gasteiger partial charge in [-0.1, -0.05) is 23.5 Å². The van der Waals surface area contributed by atoms with Gasteiger partial charge in [-0.15, -0.1) is 35.6 Å². The zero-order valence-corrected chi connectivity index (χ0v) is 12.2. The van der Waals surface area contributed by atoms with Crippen LogP contribution in [0, 0.1) is 0 Å². The maximum Gasteiger partial charge on any atom is -0.0713 e. The summed E-state index contributed by atoms with van der Waals surface area (Å²) in [7, 11) is 11.2. The van der Waals surface area contributed by atoms with E-state index in [0.717, 1.165) is 0 Å². The Morgan fingerprint density at radius 1 is 1.07 bits per heavy atom. The first-order valence-corrected chi connectivity index (χ1v) is 11.3. The molecule has 1 aromatic heterocycles. The SMILES string of the molecule is [Cl][Zr][Cl].c1ccc(-[c-]2cccp2)cc1. The van der Waals surface area contributed by atoms with Crippen LogP contribution in [0.3, 0.4) is 0 Å². The quantitative estimate of drug-likeness (QED) is 0.646. The molecule has 0 aliphatic rings. The molecule has 0 aliphatic heterocycles. The summed E-state index contributed by atoms with van der Waals surface area (Å²) in [6.45, 7) is 0. The van der Waals surface area contributed by atoms with E-state index < -0.39 is 20.8 Å². The Hall–Kier alpha value is 0.463. The van der Waals surface area contributed by atoms with Crippen LogP contribution >= 0.6 is 25.2 Å². The van der Waals surface area contributed by atoms with E-state index in [0.29, 0.717) is 0 Å². The first kappa shape index (κ1) is 12.5. The third kappa shape index (κ3) is 4.32. The van der Waals surface area contributed by atoms with E-state index in [1.54, 1.807) is 0 Å². The molecule has 0 amide bonds. The molecule has 0 aliphatic carbocycles. The molecule has 2 rings (SSSR count). The van der Waals surface area contributed by atoms with Crippen LogP contribution in [0.5, 0.6) is 0 Å². The second-order valence-electron chi connectivity index (χ2n) is 2.46. The van der Waals surface area contributed by atoms with E-state index in [9.17, 15) is 0 Å². The smallest absolute Gasteiger partial charge is 0.0713 e. The molecule has 0 nitrogen and oxygen atoms in total. The second kappa shape index (κ2) is 7.72. The molecule has 4 heteroatoms. The molecule has 0 atom stereocenters. The van der Waals surface area contributed by atoms with Crippen LogP contribution in [-0.2, 0) is 20.8 Å². The first-order chi connectivity index (χ1) is 6.88. The third-order valence-corrected chi connectivity index (χ3v) is 2.63. The molecular weight excluding hydrogens is 313 g/mol. The van der Waals surface area contributed by atoms with Crippen molar-refractivity contribution >= 4 is 25.2 Å². The zero-order valence-electron chi connectivity index (χ0n) is 7.32. The number of halogens is 2. The van der Waals surface area contributed by atoms with Crippen molar-refractivity contribution in [2.45, 2.75) is 0 Å². The minimum atomic E-state index is -0.826. The van der Waals surface area contributed by atoms with Crippen molar-refractivity contribution in [1.29, 1.82) is 0 Å². The van der Waals surface area contributed by atoms with Gasteiger partial charge in [0.25, 0.3) is 0 Å². The van der Waals surface area contributed by atoms with Crippen LogP contribution in [-0.4, -0.2) is 0 Å². The summed E-state index contributed by atoms with van der Waals surface area (Å²) in [6, 6.07) is 14.7. The van der Waals surface area contributed by atoms with Gasteiger partial charge in [0.1, 0.15) is 0 Å². The van der Waals surface area contributed by atoms with Gasteiger partial charge in [0.2, 0.25) is 0 Å². The van der Waals surface area contributed by atoms with Crippen LogP contribution in [0.15, 0.2) is 48.3 Å². The van der Waals surface area contributed by atoms with Gasteiger partial charge in [0.05, 0.1) is 0 Å². The van der Waals surface area contributed by atoms with Gasteiger partial charge in [-0.2, -0.15) is 8.19 Å². The van der Waals surface area contributed by atoms with Gasteiger partial charge in [-0.3, -0.25) is 0 Å². The topological polar surface area (TPSA) is 0 Å². The molecule has 0 bridgehead atoms. The summed E-state index contributed by atoms with van der Waals surface area (Å²) >= 11 is -0.826. The number of benzene rings is 1. The van der Waals surface area contributed by atoms with Gasteiger partial charge in [0.15, 0.2) is 0 Å². The maximum absolute atomic E-state index is 4.93. The van der Waals surface area contributed by atoms with Crippen molar-refractivity contribution in [3.05, 3.63) is 48.3 Å². The van der Waals surface area contributed by atoms with Gasteiger partial charge < -0.3 is 0 Å². The van der Waals surface area contributed by atoms with E-state index in [1.165, 1.54) is 19.1 Å². The largest absolute Gasteiger partial charge is 0.160 e. The summed E-state index contributed by atoms with van der Waals surface area (Å²) in [5.41, 5.74) is 1.33. The fraction of sp³-hybridized carbons (Fsp3) is 0. The molecule has 2 aromatic rings. The summed E-state index contributed by atoms with van der Waals surface area (Å²) in [5, 5.41) is 1.39. The molecule has 0 unspecified atom stereocenters. The van der Waals surface area contributed by atoms with Crippen LogP contribution in [0.1, 0.15) is 0 Å². The van der Waals surface area contributed by atoms with Crippen molar-refractivity contribution < 1.29 is 20.8 Å². The Labute approximate surface area is 104 Å². The fourth-order valence-electron chi connectivity index (χ4n) is 1.08. The standard InChI is InChI=1S/C10H8P.2ClH.Zr/c1-2-5-9(6-3-1)10-7-4-8-11-10;;;/h1-8H;2*1H;/q-1;;;+2/p-2. The number of hydrogen-bond acceptors (Lipinski definition) is 0. The Bertz CT molecular complexity index is 334. The second-order valence-corrected chi connectivity index (χ2v) is 7.23. The normalized spacial score (nSPS) is 9.29. The van der Waals surface area contributed by atoms with Crippen LogP contribution in [0.25, 0.3) is 10.9 Å². The van der Waals surface area contributed by atoms with E-state index in [-0.39, 0.29) is 0 Å². The molecule has 72 valence electrons. The van der Waals surface area contributed by atoms with Crippen molar-refractivity contribution in [3.63, 3.8) is 0 Å². The van der Waals surface area contributed by atoms with Crippen molar-refractivity contribution in [2.24, 2.45) is 0 Å². The zero-order chi connectivity index (χ0) is 10.2. The van der Waals surface area contributed by atoms with E-state index in [2.05, 4.69) is 42.2 Å². The molecule has 1 heterocycles. The summed E-state index contributed by atoms with van der Waals surface area (Å²) in [5.74, 6) is 2.16. The molecule has 0 radical (unpaired) electrons. The molecule has 0 fully saturated rings. The molecule has 0 saturated heterocycles. The van der Waals surface area contributed by atoms with Crippen molar-refractivity contribution in [1.82, 2.24) is 0 Å². The maximum atomic E-state index is 4.93. The molecule has 14 heavy (non-hydrogen) atoms. The van der Waals surface area contributed by atoms with Gasteiger partial charge in [0, 0.05) is 0 Å². The molecule has 0 saturated carbocycles. The van der Waals surface area contributed by atoms with E-state index in [1.807, 2.05) is 6.07 Å².